The Morgan fingerprint density at radius 2 is 1.82 bits per heavy atom. The van der Waals surface area contributed by atoms with Gasteiger partial charge in [0.25, 0.3) is 5.91 Å². The number of imidazole rings is 1. The van der Waals surface area contributed by atoms with Gasteiger partial charge in [-0.1, -0.05) is 30.3 Å². The summed E-state index contributed by atoms with van der Waals surface area (Å²) in [5, 5.41) is 2.95. The van der Waals surface area contributed by atoms with E-state index in [-0.39, 0.29) is 5.91 Å². The molecule has 1 N–H and O–H groups in total. The summed E-state index contributed by atoms with van der Waals surface area (Å²) in [5.74, 6) is 0.851. The van der Waals surface area contributed by atoms with E-state index in [9.17, 15) is 4.79 Å². The molecule has 0 aliphatic carbocycles. The van der Waals surface area contributed by atoms with Gasteiger partial charge in [-0.2, -0.15) is 0 Å². The van der Waals surface area contributed by atoms with Crippen LogP contribution in [0.25, 0.3) is 11.2 Å². The lowest BCUT2D eigenvalue weighted by Gasteiger charge is -2.10. The Balaban J connectivity index is 1.48. The number of aryl methyl sites for hydroxylation is 2. The molecule has 0 spiro atoms. The summed E-state index contributed by atoms with van der Waals surface area (Å²) in [6, 6.07) is 17.7. The molecule has 4 aromatic rings. The van der Waals surface area contributed by atoms with Crippen molar-refractivity contribution in [2.24, 2.45) is 0 Å². The zero-order chi connectivity index (χ0) is 19.2. The Bertz CT molecular complexity index is 1060. The van der Waals surface area contributed by atoms with Gasteiger partial charge in [0, 0.05) is 38.1 Å². The number of nitrogens with zero attached hydrogens (tertiary/aromatic N) is 4. The maximum atomic E-state index is 12.2. The van der Waals surface area contributed by atoms with E-state index < -0.39 is 0 Å². The third kappa shape index (κ3) is 4.06. The summed E-state index contributed by atoms with van der Waals surface area (Å²) >= 11 is 0. The Hall–Kier alpha value is -3.54. The number of amides is 1. The lowest BCUT2D eigenvalue weighted by molar-refractivity contribution is 0.0952. The fraction of sp³-hybridized carbons (Fsp3) is 0.182. The third-order valence-electron chi connectivity index (χ3n) is 4.61. The number of benzene rings is 1. The van der Waals surface area contributed by atoms with E-state index in [0.29, 0.717) is 18.7 Å². The topological polar surface area (TPSA) is 72.7 Å². The highest BCUT2D eigenvalue weighted by molar-refractivity contribution is 5.93. The molecule has 0 saturated carbocycles. The maximum Gasteiger partial charge on any atom is 0.252 e. The second kappa shape index (κ2) is 8.43. The summed E-state index contributed by atoms with van der Waals surface area (Å²) in [5.41, 5.74) is 3.56. The molecule has 0 radical (unpaired) electrons. The highest BCUT2D eigenvalue weighted by Crippen LogP contribution is 2.15. The molecule has 1 amide bonds. The van der Waals surface area contributed by atoms with E-state index >= 15 is 0 Å². The molecule has 28 heavy (non-hydrogen) atoms. The lowest BCUT2D eigenvalue weighted by Crippen LogP contribution is -2.27. The van der Waals surface area contributed by atoms with Gasteiger partial charge in [-0.05, 0) is 36.2 Å². The standard InChI is InChI=1S/C22H21N5O/c28-22(18-8-4-12-23-16-18)25-14-15-27-20(11-10-17-6-2-1-3-7-17)26-19-9-5-13-24-21(19)27/h1-9,12-13,16H,10-11,14-15H2,(H,25,28). The molecule has 140 valence electrons. The first kappa shape index (κ1) is 17.9. The highest BCUT2D eigenvalue weighted by atomic mass is 16.1. The van der Waals surface area contributed by atoms with E-state index in [2.05, 4.69) is 32.0 Å². The van der Waals surface area contributed by atoms with E-state index in [1.165, 1.54) is 5.56 Å². The van der Waals surface area contributed by atoms with Crippen molar-refractivity contribution in [2.75, 3.05) is 6.54 Å². The van der Waals surface area contributed by atoms with Crippen molar-refractivity contribution < 1.29 is 4.79 Å². The molecular formula is C22H21N5O. The first-order valence-corrected chi connectivity index (χ1v) is 9.33. The summed E-state index contributed by atoms with van der Waals surface area (Å²) < 4.78 is 2.10. The monoisotopic (exact) mass is 371 g/mol. The van der Waals surface area contributed by atoms with Crippen LogP contribution in [0.15, 0.2) is 73.2 Å². The SMILES string of the molecule is O=C(NCCn1c(CCc2ccccc2)nc2cccnc21)c1cccnc1. The third-order valence-corrected chi connectivity index (χ3v) is 4.61. The number of hydrogen-bond acceptors (Lipinski definition) is 4. The van der Waals surface area contributed by atoms with Crippen LogP contribution in [0.4, 0.5) is 0 Å². The van der Waals surface area contributed by atoms with Gasteiger partial charge in [-0.3, -0.25) is 9.78 Å². The normalized spacial score (nSPS) is 10.9. The van der Waals surface area contributed by atoms with E-state index in [1.807, 2.05) is 30.3 Å². The van der Waals surface area contributed by atoms with Gasteiger partial charge in [0.2, 0.25) is 0 Å². The molecular weight excluding hydrogens is 350 g/mol. The first-order chi connectivity index (χ1) is 13.8. The molecule has 1 aromatic carbocycles. The quantitative estimate of drug-likeness (QED) is 0.542. The largest absolute Gasteiger partial charge is 0.350 e. The van der Waals surface area contributed by atoms with Crippen LogP contribution in [0.1, 0.15) is 21.7 Å². The summed E-state index contributed by atoms with van der Waals surface area (Å²) in [4.78, 5) is 25.5. The zero-order valence-electron chi connectivity index (χ0n) is 15.5. The average Bonchev–Trinajstić information content (AvgIpc) is 3.11. The predicted molar refractivity (Wildman–Crippen MR) is 108 cm³/mol. The highest BCUT2D eigenvalue weighted by Gasteiger charge is 2.12. The van der Waals surface area contributed by atoms with Gasteiger partial charge < -0.3 is 9.88 Å². The number of fused-ring (bicyclic) bond motifs is 1. The van der Waals surface area contributed by atoms with Gasteiger partial charge in [0.15, 0.2) is 5.65 Å². The van der Waals surface area contributed by atoms with Crippen LogP contribution in [-0.2, 0) is 19.4 Å². The van der Waals surface area contributed by atoms with Gasteiger partial charge in [0.1, 0.15) is 11.3 Å². The number of rotatable bonds is 7. The summed E-state index contributed by atoms with van der Waals surface area (Å²) in [6.07, 6.45) is 6.72. The molecule has 4 rings (SSSR count). The van der Waals surface area contributed by atoms with Crippen molar-refractivity contribution >= 4 is 17.1 Å². The van der Waals surface area contributed by atoms with Gasteiger partial charge in [-0.25, -0.2) is 9.97 Å². The molecule has 0 unspecified atom stereocenters. The molecule has 0 aliphatic rings. The van der Waals surface area contributed by atoms with E-state index in [4.69, 9.17) is 4.98 Å². The molecule has 6 nitrogen and oxygen atoms in total. The minimum absolute atomic E-state index is 0.128. The van der Waals surface area contributed by atoms with Crippen LogP contribution in [0.5, 0.6) is 0 Å². The van der Waals surface area contributed by atoms with Crippen LogP contribution in [0.2, 0.25) is 0 Å². The number of pyridine rings is 2. The molecule has 6 heteroatoms. The second-order valence-electron chi connectivity index (χ2n) is 6.51. The summed E-state index contributed by atoms with van der Waals surface area (Å²) in [7, 11) is 0. The predicted octanol–water partition coefficient (Wildman–Crippen LogP) is 3.04. The van der Waals surface area contributed by atoms with Crippen molar-refractivity contribution in [2.45, 2.75) is 19.4 Å². The number of nitrogens with one attached hydrogen (secondary N) is 1. The fourth-order valence-corrected chi connectivity index (χ4v) is 3.21. The van der Waals surface area contributed by atoms with Crippen LogP contribution in [0.3, 0.4) is 0 Å². The van der Waals surface area contributed by atoms with Crippen LogP contribution < -0.4 is 5.32 Å². The smallest absolute Gasteiger partial charge is 0.252 e. The molecule has 0 aliphatic heterocycles. The van der Waals surface area contributed by atoms with Gasteiger partial charge in [0.05, 0.1) is 5.56 Å². The fourth-order valence-electron chi connectivity index (χ4n) is 3.21. The minimum Gasteiger partial charge on any atom is -0.350 e. The van der Waals surface area contributed by atoms with Crippen molar-refractivity contribution in [3.8, 4) is 0 Å². The number of hydrogen-bond donors (Lipinski definition) is 1. The Morgan fingerprint density at radius 3 is 2.64 bits per heavy atom. The molecule has 0 fully saturated rings. The number of aromatic nitrogens is 4. The molecule has 0 atom stereocenters. The molecule has 3 aromatic heterocycles. The number of carbonyl (C=O) groups is 1. The van der Waals surface area contributed by atoms with Gasteiger partial charge >= 0.3 is 0 Å². The average molecular weight is 371 g/mol. The molecule has 3 heterocycles. The molecule has 0 saturated heterocycles. The van der Waals surface area contributed by atoms with Crippen LogP contribution >= 0.6 is 0 Å². The Morgan fingerprint density at radius 1 is 0.964 bits per heavy atom. The van der Waals surface area contributed by atoms with Crippen molar-refractivity contribution in [3.05, 3.63) is 90.1 Å². The maximum absolute atomic E-state index is 12.2. The van der Waals surface area contributed by atoms with Gasteiger partial charge in [-0.15, -0.1) is 0 Å². The molecule has 0 bridgehead atoms. The lowest BCUT2D eigenvalue weighted by atomic mass is 10.1. The summed E-state index contributed by atoms with van der Waals surface area (Å²) in [6.45, 7) is 1.11. The van der Waals surface area contributed by atoms with Crippen LogP contribution in [0, 0.1) is 0 Å². The van der Waals surface area contributed by atoms with E-state index in [0.717, 1.165) is 29.8 Å². The zero-order valence-corrected chi connectivity index (χ0v) is 15.5. The number of carbonyl (C=O) groups excluding carboxylic acids is 1. The van der Waals surface area contributed by atoms with E-state index in [1.54, 1.807) is 30.7 Å². The van der Waals surface area contributed by atoms with Crippen molar-refractivity contribution in [1.29, 1.82) is 0 Å². The Kier molecular flexibility index (Phi) is 5.38. The second-order valence-corrected chi connectivity index (χ2v) is 6.51. The van der Waals surface area contributed by atoms with Crippen LogP contribution in [-0.4, -0.2) is 32.0 Å². The Labute approximate surface area is 163 Å². The first-order valence-electron chi connectivity index (χ1n) is 9.33. The van der Waals surface area contributed by atoms with Crippen molar-refractivity contribution in [1.82, 2.24) is 24.8 Å². The minimum atomic E-state index is -0.128. The van der Waals surface area contributed by atoms with Crippen molar-refractivity contribution in [3.63, 3.8) is 0 Å².